The maximum absolute atomic E-state index is 6.70. The molecule has 0 aliphatic carbocycles. The van der Waals surface area contributed by atoms with Crippen molar-refractivity contribution in [1.29, 1.82) is 0 Å². The highest BCUT2D eigenvalue weighted by Crippen LogP contribution is 2.46. The van der Waals surface area contributed by atoms with Gasteiger partial charge < -0.3 is 9.32 Å². The van der Waals surface area contributed by atoms with Crippen LogP contribution in [0.15, 0.2) is 217 Å². The Morgan fingerprint density at radius 3 is 2.00 bits per heavy atom. The summed E-state index contributed by atoms with van der Waals surface area (Å²) in [5.74, 6) is 0. The summed E-state index contributed by atoms with van der Waals surface area (Å²) in [6, 6.07) is 65.2. The van der Waals surface area contributed by atoms with Gasteiger partial charge in [-0.05, 0) is 90.2 Å². The van der Waals surface area contributed by atoms with Crippen LogP contribution in [0.1, 0.15) is 6.92 Å². The number of aromatic nitrogens is 2. The number of rotatable bonds is 8. The number of anilines is 3. The van der Waals surface area contributed by atoms with Crippen molar-refractivity contribution in [2.24, 2.45) is 0 Å². The van der Waals surface area contributed by atoms with E-state index in [9.17, 15) is 0 Å². The molecule has 59 heavy (non-hydrogen) atoms. The zero-order valence-corrected chi connectivity index (χ0v) is 32.6. The summed E-state index contributed by atoms with van der Waals surface area (Å²) in [5.41, 5.74) is 12.8. The zero-order valence-electron chi connectivity index (χ0n) is 32.6. The van der Waals surface area contributed by atoms with E-state index in [1.165, 1.54) is 38.0 Å². The average molecular weight is 758 g/mol. The van der Waals surface area contributed by atoms with Crippen molar-refractivity contribution >= 4 is 88.3 Å². The molecule has 3 heterocycles. The molecule has 0 saturated heterocycles. The first kappa shape index (κ1) is 34.4. The van der Waals surface area contributed by atoms with E-state index in [0.29, 0.717) is 0 Å². The maximum Gasteiger partial charge on any atom is 0.137 e. The molecular weight excluding hydrogens is 719 g/mol. The normalized spacial score (nSPS) is 12.3. The summed E-state index contributed by atoms with van der Waals surface area (Å²) in [6.07, 6.45) is 7.99. The Morgan fingerprint density at radius 1 is 0.542 bits per heavy atom. The summed E-state index contributed by atoms with van der Waals surface area (Å²) < 4.78 is 11.5. The molecule has 8 aromatic carbocycles. The number of allylic oxidation sites excluding steroid dienone is 5. The molecule has 4 nitrogen and oxygen atoms in total. The van der Waals surface area contributed by atoms with Crippen LogP contribution in [-0.2, 0) is 0 Å². The minimum Gasteiger partial charge on any atom is -0.456 e. The third kappa shape index (κ3) is 5.60. The third-order valence-corrected chi connectivity index (χ3v) is 11.6. The standard InChI is InChI=1S/C55H39N3O/c1-3-4-7-17-37(2)56-50-26-15-14-25-47(50)54-48-33-30-42(35-51(48)58(55(54)56)41-22-10-6-11-23-41)57(49-27-16-21-39-20-12-13-24-44(39)49)43-29-32-46-45-31-28-40(38-18-8-5-9-19-38)34-52(45)59-53(46)36-43/h3-36H,1H2,2H3/b7-4-,37-17+. The van der Waals surface area contributed by atoms with Gasteiger partial charge in [-0.2, -0.15) is 0 Å². The van der Waals surface area contributed by atoms with E-state index < -0.39 is 0 Å². The second-order valence-electron chi connectivity index (χ2n) is 15.0. The Balaban J connectivity index is 1.18. The van der Waals surface area contributed by atoms with Gasteiger partial charge in [0.2, 0.25) is 0 Å². The van der Waals surface area contributed by atoms with E-state index in [0.717, 1.165) is 67.1 Å². The molecule has 280 valence electrons. The Hall–Kier alpha value is -7.82. The van der Waals surface area contributed by atoms with Crippen LogP contribution in [0.2, 0.25) is 0 Å². The molecule has 11 rings (SSSR count). The number of hydrogen-bond donors (Lipinski definition) is 0. The highest BCUT2D eigenvalue weighted by atomic mass is 16.3. The SMILES string of the molecule is C=C/C=C\C=C(/C)n1c2ccccc2c2c3ccc(N(c4ccc5c(c4)oc4cc(-c6ccccc6)ccc45)c4cccc5ccccc45)cc3n(-c3ccccc3)c21. The van der Waals surface area contributed by atoms with E-state index in [4.69, 9.17) is 4.42 Å². The average Bonchev–Trinajstić information content (AvgIpc) is 3.94. The van der Waals surface area contributed by atoms with E-state index in [1.807, 2.05) is 18.2 Å². The van der Waals surface area contributed by atoms with Crippen LogP contribution in [0.5, 0.6) is 0 Å². The highest BCUT2D eigenvalue weighted by molar-refractivity contribution is 6.23. The first-order chi connectivity index (χ1) is 29.2. The van der Waals surface area contributed by atoms with Crippen molar-refractivity contribution in [3.63, 3.8) is 0 Å². The van der Waals surface area contributed by atoms with Gasteiger partial charge in [-0.15, -0.1) is 0 Å². The van der Waals surface area contributed by atoms with Crippen LogP contribution >= 0.6 is 0 Å². The summed E-state index contributed by atoms with van der Waals surface area (Å²) in [7, 11) is 0. The molecule has 11 aromatic rings. The Labute approximate surface area is 342 Å². The van der Waals surface area contributed by atoms with E-state index in [1.54, 1.807) is 0 Å². The Morgan fingerprint density at radius 2 is 1.19 bits per heavy atom. The zero-order chi connectivity index (χ0) is 39.5. The van der Waals surface area contributed by atoms with Crippen molar-refractivity contribution in [1.82, 2.24) is 9.13 Å². The lowest BCUT2D eigenvalue weighted by Gasteiger charge is -2.27. The number of furan rings is 1. The third-order valence-electron chi connectivity index (χ3n) is 11.6. The van der Waals surface area contributed by atoms with Crippen molar-refractivity contribution in [2.45, 2.75) is 6.92 Å². The molecule has 0 amide bonds. The minimum absolute atomic E-state index is 0.848. The molecule has 0 aliphatic rings. The molecule has 0 atom stereocenters. The fraction of sp³-hybridized carbons (Fsp3) is 0.0182. The minimum atomic E-state index is 0.848. The predicted octanol–water partition coefficient (Wildman–Crippen LogP) is 15.5. The van der Waals surface area contributed by atoms with E-state index >= 15 is 0 Å². The molecule has 0 unspecified atom stereocenters. The van der Waals surface area contributed by atoms with Gasteiger partial charge >= 0.3 is 0 Å². The lowest BCUT2D eigenvalue weighted by molar-refractivity contribution is 0.669. The second kappa shape index (κ2) is 14.0. The van der Waals surface area contributed by atoms with Crippen molar-refractivity contribution in [3.05, 3.63) is 213 Å². The van der Waals surface area contributed by atoms with Gasteiger partial charge in [0.05, 0.1) is 16.7 Å². The van der Waals surface area contributed by atoms with Crippen LogP contribution < -0.4 is 4.90 Å². The molecule has 0 radical (unpaired) electrons. The van der Waals surface area contributed by atoms with Gasteiger partial charge in [-0.25, -0.2) is 0 Å². The predicted molar refractivity (Wildman–Crippen MR) is 250 cm³/mol. The number of hydrogen-bond acceptors (Lipinski definition) is 2. The van der Waals surface area contributed by atoms with Crippen LogP contribution in [-0.4, -0.2) is 9.13 Å². The largest absolute Gasteiger partial charge is 0.456 e. The monoisotopic (exact) mass is 757 g/mol. The smallest absolute Gasteiger partial charge is 0.137 e. The fourth-order valence-corrected chi connectivity index (χ4v) is 8.96. The lowest BCUT2D eigenvalue weighted by Crippen LogP contribution is -2.10. The van der Waals surface area contributed by atoms with Crippen LogP contribution in [0.4, 0.5) is 17.1 Å². The summed E-state index contributed by atoms with van der Waals surface area (Å²) in [6.45, 7) is 6.06. The summed E-state index contributed by atoms with van der Waals surface area (Å²) >= 11 is 0. The van der Waals surface area contributed by atoms with Crippen LogP contribution in [0, 0.1) is 0 Å². The van der Waals surface area contributed by atoms with Gasteiger partial charge in [-0.1, -0.05) is 140 Å². The number of fused-ring (bicyclic) bond motifs is 9. The van der Waals surface area contributed by atoms with E-state index in [-0.39, 0.29) is 0 Å². The lowest BCUT2D eigenvalue weighted by atomic mass is 10.0. The van der Waals surface area contributed by atoms with Crippen molar-refractivity contribution < 1.29 is 4.42 Å². The molecule has 0 fully saturated rings. The summed E-state index contributed by atoms with van der Waals surface area (Å²) in [4.78, 5) is 2.38. The van der Waals surface area contributed by atoms with Gasteiger partial charge in [0, 0.05) is 61.1 Å². The van der Waals surface area contributed by atoms with Crippen LogP contribution in [0.25, 0.3) is 88.1 Å². The topological polar surface area (TPSA) is 26.2 Å². The fourth-order valence-electron chi connectivity index (χ4n) is 8.96. The van der Waals surface area contributed by atoms with Crippen LogP contribution in [0.3, 0.4) is 0 Å². The molecule has 0 spiro atoms. The Bertz CT molecular complexity index is 3460. The molecule has 0 bridgehead atoms. The molecule has 0 N–H and O–H groups in total. The van der Waals surface area contributed by atoms with Gasteiger partial charge in [-0.3, -0.25) is 9.13 Å². The highest BCUT2D eigenvalue weighted by Gasteiger charge is 2.24. The van der Waals surface area contributed by atoms with Gasteiger partial charge in [0.1, 0.15) is 16.8 Å². The van der Waals surface area contributed by atoms with Gasteiger partial charge in [0.25, 0.3) is 0 Å². The second-order valence-corrected chi connectivity index (χ2v) is 15.0. The number of para-hydroxylation sites is 2. The Kier molecular flexibility index (Phi) is 8.16. The van der Waals surface area contributed by atoms with Gasteiger partial charge in [0.15, 0.2) is 0 Å². The molecule has 0 aliphatic heterocycles. The first-order valence-electron chi connectivity index (χ1n) is 20.1. The molecule has 3 aromatic heterocycles. The molecular formula is C55H39N3O. The van der Waals surface area contributed by atoms with E-state index in [2.05, 4.69) is 216 Å². The quantitative estimate of drug-likeness (QED) is 0.144. The molecule has 4 heteroatoms. The first-order valence-corrected chi connectivity index (χ1v) is 20.1. The molecule has 0 saturated carbocycles. The summed E-state index contributed by atoms with van der Waals surface area (Å²) in [5, 5.41) is 8.18. The number of benzene rings is 8. The number of nitrogens with zero attached hydrogens (tertiary/aromatic N) is 3. The van der Waals surface area contributed by atoms with Crippen molar-refractivity contribution in [2.75, 3.05) is 4.90 Å². The maximum atomic E-state index is 6.70. The van der Waals surface area contributed by atoms with Crippen molar-refractivity contribution in [3.8, 4) is 16.8 Å².